The van der Waals surface area contributed by atoms with E-state index < -0.39 is 0 Å². The number of likely N-dealkylation sites (tertiary alicyclic amines) is 1. The van der Waals surface area contributed by atoms with Gasteiger partial charge in [0.1, 0.15) is 0 Å². The molecular weight excluding hydrogens is 408 g/mol. The molecule has 0 saturated carbocycles. The molecule has 1 saturated heterocycles. The quantitative estimate of drug-likeness (QED) is 0.451. The number of carbonyl (C=O) groups excluding carboxylic acids is 1. The van der Waals surface area contributed by atoms with Crippen molar-refractivity contribution in [3.8, 4) is 0 Å². The Hall–Kier alpha value is -3.44. The van der Waals surface area contributed by atoms with Crippen molar-refractivity contribution in [2.24, 2.45) is 0 Å². The molecule has 4 aromatic rings. The summed E-state index contributed by atoms with van der Waals surface area (Å²) in [5, 5.41) is 5.73. The highest BCUT2D eigenvalue weighted by Crippen LogP contribution is 2.29. The zero-order valence-corrected chi connectivity index (χ0v) is 18.8. The fraction of sp³-hybridized carbons (Fsp3) is 0.286. The molecular formula is C28H30N4O. The molecule has 1 atom stereocenters. The lowest BCUT2D eigenvalue weighted by atomic mass is 9.96. The fourth-order valence-corrected chi connectivity index (χ4v) is 4.92. The predicted molar refractivity (Wildman–Crippen MR) is 132 cm³/mol. The third kappa shape index (κ3) is 5.15. The SMILES string of the molecule is O=C(CC(c1cccc2ccccc12)n1cccc1)NC1CCN(Cc2cccnc2)CC1. The van der Waals surface area contributed by atoms with Gasteiger partial charge in [0.2, 0.25) is 5.91 Å². The molecule has 1 aliphatic heterocycles. The van der Waals surface area contributed by atoms with E-state index in [1.807, 2.05) is 30.6 Å². The van der Waals surface area contributed by atoms with Crippen LogP contribution in [-0.2, 0) is 11.3 Å². The van der Waals surface area contributed by atoms with Gasteiger partial charge in [0.25, 0.3) is 0 Å². The largest absolute Gasteiger partial charge is 0.353 e. The molecule has 2 aromatic heterocycles. The summed E-state index contributed by atoms with van der Waals surface area (Å²) in [6, 6.07) is 23.1. The number of piperidine rings is 1. The Kier molecular flexibility index (Phi) is 6.49. The van der Waals surface area contributed by atoms with Crippen molar-refractivity contribution in [3.63, 3.8) is 0 Å². The van der Waals surface area contributed by atoms with Gasteiger partial charge in [0.15, 0.2) is 0 Å². The lowest BCUT2D eigenvalue weighted by molar-refractivity contribution is -0.122. The van der Waals surface area contributed by atoms with Crippen molar-refractivity contribution in [1.29, 1.82) is 0 Å². The van der Waals surface area contributed by atoms with Gasteiger partial charge in [-0.2, -0.15) is 0 Å². The molecule has 0 radical (unpaired) electrons. The van der Waals surface area contributed by atoms with Crippen molar-refractivity contribution >= 4 is 16.7 Å². The first-order valence-corrected chi connectivity index (χ1v) is 11.8. The van der Waals surface area contributed by atoms with Gasteiger partial charge in [0, 0.05) is 50.5 Å². The lowest BCUT2D eigenvalue weighted by Crippen LogP contribution is -2.44. The van der Waals surface area contributed by atoms with Crippen molar-refractivity contribution in [1.82, 2.24) is 19.8 Å². The van der Waals surface area contributed by atoms with Crippen LogP contribution in [0, 0.1) is 0 Å². The molecule has 0 spiro atoms. The third-order valence-electron chi connectivity index (χ3n) is 6.63. The smallest absolute Gasteiger partial charge is 0.222 e. The van der Waals surface area contributed by atoms with Crippen LogP contribution in [0.2, 0.25) is 0 Å². The number of pyridine rings is 1. The van der Waals surface area contributed by atoms with E-state index in [1.165, 1.54) is 21.9 Å². The summed E-state index contributed by atoms with van der Waals surface area (Å²) < 4.78 is 2.15. The maximum Gasteiger partial charge on any atom is 0.222 e. The van der Waals surface area contributed by atoms with Gasteiger partial charge in [-0.1, -0.05) is 48.5 Å². The Morgan fingerprint density at radius 2 is 1.76 bits per heavy atom. The highest BCUT2D eigenvalue weighted by Gasteiger charge is 2.24. The second kappa shape index (κ2) is 10.0. The molecule has 3 heterocycles. The Morgan fingerprint density at radius 3 is 2.55 bits per heavy atom. The highest BCUT2D eigenvalue weighted by molar-refractivity contribution is 5.87. The Balaban J connectivity index is 1.24. The van der Waals surface area contributed by atoms with E-state index in [0.717, 1.165) is 32.5 Å². The predicted octanol–water partition coefficient (Wildman–Crippen LogP) is 4.80. The number of nitrogens with zero attached hydrogens (tertiary/aromatic N) is 3. The summed E-state index contributed by atoms with van der Waals surface area (Å²) in [6.07, 6.45) is 10.2. The van der Waals surface area contributed by atoms with Gasteiger partial charge >= 0.3 is 0 Å². The number of benzene rings is 2. The number of carbonyl (C=O) groups is 1. The van der Waals surface area contributed by atoms with Crippen molar-refractivity contribution in [3.05, 3.63) is 103 Å². The molecule has 5 nitrogen and oxygen atoms in total. The summed E-state index contributed by atoms with van der Waals surface area (Å²) in [5.74, 6) is 0.118. The average Bonchev–Trinajstić information content (AvgIpc) is 3.39. The summed E-state index contributed by atoms with van der Waals surface area (Å²) in [5.41, 5.74) is 2.43. The second-order valence-electron chi connectivity index (χ2n) is 8.90. The van der Waals surface area contributed by atoms with Crippen LogP contribution in [-0.4, -0.2) is 39.5 Å². The highest BCUT2D eigenvalue weighted by atomic mass is 16.1. The fourth-order valence-electron chi connectivity index (χ4n) is 4.92. The number of aromatic nitrogens is 2. The standard InChI is InChI=1S/C28H30N4O/c33-28(30-24-12-17-31(18-13-24)21-22-7-6-14-29-20-22)19-27(32-15-3-4-16-32)26-11-5-9-23-8-1-2-10-25(23)26/h1-11,14-16,20,24,27H,12-13,17-19,21H2,(H,30,33). The lowest BCUT2D eigenvalue weighted by Gasteiger charge is -2.32. The number of nitrogens with one attached hydrogen (secondary N) is 1. The molecule has 1 N–H and O–H groups in total. The average molecular weight is 439 g/mol. The molecule has 0 bridgehead atoms. The summed E-state index contributed by atoms with van der Waals surface area (Å²) >= 11 is 0. The molecule has 5 rings (SSSR count). The normalized spacial score (nSPS) is 16.0. The van der Waals surface area contributed by atoms with Crippen LogP contribution in [0.25, 0.3) is 10.8 Å². The zero-order chi connectivity index (χ0) is 22.5. The van der Waals surface area contributed by atoms with E-state index in [0.29, 0.717) is 6.42 Å². The maximum atomic E-state index is 13.2. The van der Waals surface area contributed by atoms with E-state index >= 15 is 0 Å². The topological polar surface area (TPSA) is 50.2 Å². The molecule has 1 aliphatic rings. The summed E-state index contributed by atoms with van der Waals surface area (Å²) in [7, 11) is 0. The number of fused-ring (bicyclic) bond motifs is 1. The Bertz CT molecular complexity index is 1180. The summed E-state index contributed by atoms with van der Waals surface area (Å²) in [6.45, 7) is 2.90. The van der Waals surface area contributed by atoms with Crippen molar-refractivity contribution < 1.29 is 4.79 Å². The maximum absolute atomic E-state index is 13.2. The van der Waals surface area contributed by atoms with Crippen LogP contribution in [0.3, 0.4) is 0 Å². The molecule has 1 amide bonds. The van der Waals surface area contributed by atoms with Crippen LogP contribution in [0.1, 0.15) is 36.4 Å². The number of hydrogen-bond donors (Lipinski definition) is 1. The van der Waals surface area contributed by atoms with Crippen molar-refractivity contribution in [2.45, 2.75) is 37.9 Å². The Labute approximate surface area is 195 Å². The second-order valence-corrected chi connectivity index (χ2v) is 8.90. The number of hydrogen-bond acceptors (Lipinski definition) is 3. The van der Waals surface area contributed by atoms with Crippen LogP contribution >= 0.6 is 0 Å². The first kappa shape index (κ1) is 21.4. The Morgan fingerprint density at radius 1 is 0.970 bits per heavy atom. The number of rotatable bonds is 7. The van der Waals surface area contributed by atoms with Gasteiger partial charge < -0.3 is 9.88 Å². The first-order valence-electron chi connectivity index (χ1n) is 11.8. The van der Waals surface area contributed by atoms with E-state index in [2.05, 4.69) is 80.7 Å². The zero-order valence-electron chi connectivity index (χ0n) is 18.8. The molecule has 1 unspecified atom stereocenters. The van der Waals surface area contributed by atoms with Crippen LogP contribution < -0.4 is 5.32 Å². The minimum atomic E-state index is -0.0308. The van der Waals surface area contributed by atoms with Gasteiger partial charge in [-0.3, -0.25) is 14.7 Å². The number of amides is 1. The molecule has 0 aliphatic carbocycles. The van der Waals surface area contributed by atoms with E-state index in [-0.39, 0.29) is 18.0 Å². The molecule has 2 aromatic carbocycles. The third-order valence-corrected chi connectivity index (χ3v) is 6.63. The van der Waals surface area contributed by atoms with E-state index in [4.69, 9.17) is 0 Å². The monoisotopic (exact) mass is 438 g/mol. The van der Waals surface area contributed by atoms with Gasteiger partial charge in [-0.25, -0.2) is 0 Å². The molecule has 33 heavy (non-hydrogen) atoms. The van der Waals surface area contributed by atoms with Gasteiger partial charge in [0.05, 0.1) is 12.5 Å². The van der Waals surface area contributed by atoms with Crippen LogP contribution in [0.15, 0.2) is 91.5 Å². The van der Waals surface area contributed by atoms with Gasteiger partial charge in [-0.15, -0.1) is 0 Å². The molecule has 5 heteroatoms. The van der Waals surface area contributed by atoms with E-state index in [1.54, 1.807) is 0 Å². The molecule has 168 valence electrons. The van der Waals surface area contributed by atoms with Gasteiger partial charge in [-0.05, 0) is 52.9 Å². The molecule has 1 fully saturated rings. The van der Waals surface area contributed by atoms with Crippen molar-refractivity contribution in [2.75, 3.05) is 13.1 Å². The minimum absolute atomic E-state index is 0.0308. The minimum Gasteiger partial charge on any atom is -0.353 e. The summed E-state index contributed by atoms with van der Waals surface area (Å²) in [4.78, 5) is 19.8. The van der Waals surface area contributed by atoms with E-state index in [9.17, 15) is 4.79 Å². The van der Waals surface area contributed by atoms with Crippen LogP contribution in [0.5, 0.6) is 0 Å². The first-order chi connectivity index (χ1) is 16.3. The van der Waals surface area contributed by atoms with Crippen LogP contribution in [0.4, 0.5) is 0 Å².